The van der Waals surface area contributed by atoms with Crippen molar-refractivity contribution in [1.82, 2.24) is 19.6 Å². The molecule has 0 aliphatic carbocycles. The average molecular weight is 308 g/mol. The molecule has 6 nitrogen and oxygen atoms in total. The smallest absolute Gasteiger partial charge is 0.110 e. The van der Waals surface area contributed by atoms with Crippen LogP contribution in [-0.2, 0) is 17.8 Å². The number of aromatic nitrogens is 2. The number of hydrogen-bond acceptors (Lipinski definition) is 5. The first-order valence-corrected chi connectivity index (χ1v) is 8.34. The minimum Gasteiger partial charge on any atom is -0.385 e. The molecule has 1 atom stereocenters. The fourth-order valence-corrected chi connectivity index (χ4v) is 3.47. The highest BCUT2D eigenvalue weighted by Gasteiger charge is 2.25. The minimum absolute atomic E-state index is 0.508. The summed E-state index contributed by atoms with van der Waals surface area (Å²) in [5, 5.41) is 14.9. The fraction of sp³-hybridized carbons (Fsp3) is 0.812. The fourth-order valence-electron chi connectivity index (χ4n) is 3.47. The monoisotopic (exact) mass is 308 g/mol. The predicted octanol–water partition coefficient (Wildman–Crippen LogP) is 0.863. The molecule has 0 radical (unpaired) electrons. The third kappa shape index (κ3) is 3.68. The molecule has 2 aliphatic heterocycles. The number of aliphatic hydroxyl groups excluding tert-OH is 1. The van der Waals surface area contributed by atoms with E-state index in [-0.39, 0.29) is 0 Å². The number of ether oxygens (including phenoxy) is 1. The van der Waals surface area contributed by atoms with Gasteiger partial charge in [0.1, 0.15) is 6.10 Å². The first kappa shape index (κ1) is 15.9. The van der Waals surface area contributed by atoms with Gasteiger partial charge in [-0.2, -0.15) is 5.10 Å². The third-order valence-electron chi connectivity index (χ3n) is 4.65. The Kier molecular flexibility index (Phi) is 5.13. The molecule has 1 aromatic rings. The Morgan fingerprint density at radius 1 is 1.36 bits per heavy atom. The average Bonchev–Trinajstić information content (AvgIpc) is 2.80. The number of fused-ring (bicyclic) bond motifs is 1. The zero-order valence-corrected chi connectivity index (χ0v) is 13.7. The van der Waals surface area contributed by atoms with Crippen molar-refractivity contribution in [3.05, 3.63) is 17.5 Å². The summed E-state index contributed by atoms with van der Waals surface area (Å²) in [6.07, 6.45) is 2.87. The van der Waals surface area contributed by atoms with Crippen LogP contribution in [0.25, 0.3) is 0 Å². The molecule has 0 bridgehead atoms. The van der Waals surface area contributed by atoms with Gasteiger partial charge in [-0.3, -0.25) is 9.58 Å². The molecule has 6 heteroatoms. The highest BCUT2D eigenvalue weighted by atomic mass is 16.5. The predicted molar refractivity (Wildman–Crippen MR) is 84.6 cm³/mol. The van der Waals surface area contributed by atoms with E-state index in [0.29, 0.717) is 12.6 Å². The van der Waals surface area contributed by atoms with Crippen LogP contribution < -0.4 is 0 Å². The van der Waals surface area contributed by atoms with Crippen LogP contribution in [0.2, 0.25) is 0 Å². The molecule has 0 spiro atoms. The van der Waals surface area contributed by atoms with Gasteiger partial charge in [-0.15, -0.1) is 0 Å². The van der Waals surface area contributed by atoms with Crippen molar-refractivity contribution in [3.8, 4) is 0 Å². The molecule has 0 amide bonds. The Hall–Kier alpha value is -0.950. The molecule has 1 fully saturated rings. The van der Waals surface area contributed by atoms with Crippen molar-refractivity contribution < 1.29 is 9.84 Å². The topological polar surface area (TPSA) is 53.8 Å². The lowest BCUT2D eigenvalue weighted by Crippen LogP contribution is -2.39. The second-order valence-corrected chi connectivity index (χ2v) is 6.73. The summed E-state index contributed by atoms with van der Waals surface area (Å²) < 4.78 is 7.57. The molecule has 3 heterocycles. The Morgan fingerprint density at radius 2 is 2.14 bits per heavy atom. The largest absolute Gasteiger partial charge is 0.385 e. The molecule has 0 aromatic carbocycles. The maximum Gasteiger partial charge on any atom is 0.110 e. The van der Waals surface area contributed by atoms with Gasteiger partial charge in [0.2, 0.25) is 0 Å². The van der Waals surface area contributed by atoms with Gasteiger partial charge in [0.05, 0.1) is 11.4 Å². The number of aliphatic hydroxyl groups is 1. The lowest BCUT2D eigenvalue weighted by molar-refractivity contribution is 0.0315. The van der Waals surface area contributed by atoms with Crippen LogP contribution in [0.3, 0.4) is 0 Å². The van der Waals surface area contributed by atoms with Gasteiger partial charge in [-0.25, -0.2) is 0 Å². The van der Waals surface area contributed by atoms with Crippen LogP contribution in [0.1, 0.15) is 36.8 Å². The van der Waals surface area contributed by atoms with E-state index in [9.17, 15) is 5.11 Å². The van der Waals surface area contributed by atoms with E-state index in [0.717, 1.165) is 57.8 Å². The summed E-state index contributed by atoms with van der Waals surface area (Å²) in [4.78, 5) is 4.56. The molecular weight excluding hydrogens is 280 g/mol. The van der Waals surface area contributed by atoms with E-state index >= 15 is 0 Å². The summed E-state index contributed by atoms with van der Waals surface area (Å²) in [6, 6.07) is 2.72. The van der Waals surface area contributed by atoms with Gasteiger partial charge in [0.15, 0.2) is 0 Å². The Labute approximate surface area is 132 Å². The van der Waals surface area contributed by atoms with Crippen LogP contribution in [0.5, 0.6) is 0 Å². The second-order valence-electron chi connectivity index (χ2n) is 6.73. The van der Waals surface area contributed by atoms with Crippen LogP contribution in [0.15, 0.2) is 6.07 Å². The van der Waals surface area contributed by atoms with Crippen molar-refractivity contribution in [2.24, 2.45) is 0 Å². The van der Waals surface area contributed by atoms with Gasteiger partial charge in [0, 0.05) is 45.4 Å². The van der Waals surface area contributed by atoms with Gasteiger partial charge in [-0.05, 0) is 39.4 Å². The second kappa shape index (κ2) is 7.08. The summed E-state index contributed by atoms with van der Waals surface area (Å²) in [5.41, 5.74) is 2.04. The van der Waals surface area contributed by atoms with Gasteiger partial charge in [-0.1, -0.05) is 0 Å². The number of likely N-dealkylation sites (N-methyl/N-ethyl adjacent to an activating group) is 1. The van der Waals surface area contributed by atoms with E-state index < -0.39 is 6.10 Å². The number of nitrogens with zero attached hydrogens (tertiary/aromatic N) is 4. The molecular formula is C16H28N4O2. The van der Waals surface area contributed by atoms with Crippen LogP contribution in [-0.4, -0.2) is 71.1 Å². The molecule has 1 N–H and O–H groups in total. The maximum atomic E-state index is 10.3. The zero-order valence-electron chi connectivity index (χ0n) is 13.7. The molecule has 1 saturated heterocycles. The van der Waals surface area contributed by atoms with Gasteiger partial charge < -0.3 is 14.7 Å². The Bertz CT molecular complexity index is 482. The molecule has 1 aromatic heterocycles. The van der Waals surface area contributed by atoms with E-state index in [1.807, 2.05) is 19.0 Å². The third-order valence-corrected chi connectivity index (χ3v) is 4.65. The highest BCUT2D eigenvalue weighted by Crippen LogP contribution is 2.23. The molecule has 0 saturated carbocycles. The van der Waals surface area contributed by atoms with Crippen LogP contribution in [0.4, 0.5) is 0 Å². The number of aryl methyl sites for hydroxylation is 1. The molecule has 22 heavy (non-hydrogen) atoms. The first-order chi connectivity index (χ1) is 10.6. The summed E-state index contributed by atoms with van der Waals surface area (Å²) in [5.74, 6) is 0. The maximum absolute atomic E-state index is 10.3. The standard InChI is InChI=1S/C16H28N4O2/c1-18(2)12-16(21)15-10-14-11-19(6-3-7-20(14)17-15)13-4-8-22-9-5-13/h10,13,16,21H,3-9,11-12H2,1-2H3/t16-/m1/s1. The first-order valence-electron chi connectivity index (χ1n) is 8.34. The Morgan fingerprint density at radius 3 is 2.86 bits per heavy atom. The molecule has 2 aliphatic rings. The minimum atomic E-state index is -0.508. The van der Waals surface area contributed by atoms with Crippen molar-refractivity contribution >= 4 is 0 Å². The SMILES string of the molecule is CN(C)C[C@@H](O)c1cc2n(n1)CCCN(C1CCOCC1)C2. The van der Waals surface area contributed by atoms with E-state index in [2.05, 4.69) is 20.7 Å². The number of hydrogen-bond donors (Lipinski definition) is 1. The van der Waals surface area contributed by atoms with Gasteiger partial charge in [0.25, 0.3) is 0 Å². The van der Waals surface area contributed by atoms with Crippen molar-refractivity contribution in [2.75, 3.05) is 40.4 Å². The van der Waals surface area contributed by atoms with E-state index in [4.69, 9.17) is 4.74 Å². The highest BCUT2D eigenvalue weighted by molar-refractivity contribution is 5.14. The summed E-state index contributed by atoms with van der Waals surface area (Å²) in [7, 11) is 3.94. The van der Waals surface area contributed by atoms with Gasteiger partial charge >= 0.3 is 0 Å². The van der Waals surface area contributed by atoms with Crippen molar-refractivity contribution in [1.29, 1.82) is 0 Å². The van der Waals surface area contributed by atoms with Crippen LogP contribution in [0, 0.1) is 0 Å². The Balaban J connectivity index is 1.70. The van der Waals surface area contributed by atoms with Crippen molar-refractivity contribution in [3.63, 3.8) is 0 Å². The van der Waals surface area contributed by atoms with Crippen molar-refractivity contribution in [2.45, 2.75) is 44.5 Å². The normalized spacial score (nSPS) is 22.5. The number of rotatable bonds is 4. The van der Waals surface area contributed by atoms with Crippen LogP contribution >= 0.6 is 0 Å². The summed E-state index contributed by atoms with van der Waals surface area (Å²) >= 11 is 0. The quantitative estimate of drug-likeness (QED) is 0.894. The lowest BCUT2D eigenvalue weighted by Gasteiger charge is -2.33. The lowest BCUT2D eigenvalue weighted by atomic mass is 10.1. The van der Waals surface area contributed by atoms with E-state index in [1.165, 1.54) is 5.69 Å². The molecule has 0 unspecified atom stereocenters. The summed E-state index contributed by atoms with van der Waals surface area (Å²) in [6.45, 7) is 5.39. The zero-order chi connectivity index (χ0) is 15.5. The molecule has 124 valence electrons. The molecule has 3 rings (SSSR count). The van der Waals surface area contributed by atoms with E-state index in [1.54, 1.807) is 0 Å².